The normalized spacial score (nSPS) is 10.8. The van der Waals surface area contributed by atoms with Crippen molar-refractivity contribution in [2.24, 2.45) is 0 Å². The lowest BCUT2D eigenvalue weighted by Gasteiger charge is -2.19. The van der Waals surface area contributed by atoms with Crippen molar-refractivity contribution in [3.8, 4) is 0 Å². The van der Waals surface area contributed by atoms with Crippen LogP contribution in [0.1, 0.15) is 45.2 Å². The molecule has 0 aliphatic heterocycles. The molecule has 0 bridgehead atoms. The Balaban J connectivity index is 2.33. The molecule has 0 radical (unpaired) electrons. The summed E-state index contributed by atoms with van der Waals surface area (Å²) in [4.78, 5) is 34.0. The van der Waals surface area contributed by atoms with Gasteiger partial charge in [0, 0.05) is 6.42 Å². The summed E-state index contributed by atoms with van der Waals surface area (Å²) < 4.78 is 9.37. The highest BCUT2D eigenvalue weighted by molar-refractivity contribution is 5.93. The van der Waals surface area contributed by atoms with E-state index in [4.69, 9.17) is 4.74 Å². The van der Waals surface area contributed by atoms with Gasteiger partial charge in [0.2, 0.25) is 0 Å². The number of carbonyl (C=O) groups excluding carboxylic acids is 3. The minimum atomic E-state index is -0.850. The van der Waals surface area contributed by atoms with Gasteiger partial charge < -0.3 is 9.47 Å². The molecule has 24 heavy (non-hydrogen) atoms. The molecule has 0 atom stereocenters. The van der Waals surface area contributed by atoms with E-state index in [-0.39, 0.29) is 18.4 Å². The highest BCUT2D eigenvalue weighted by Crippen LogP contribution is 2.22. The van der Waals surface area contributed by atoms with Gasteiger partial charge in [-0.05, 0) is 29.9 Å². The van der Waals surface area contributed by atoms with Gasteiger partial charge in [-0.1, -0.05) is 45.0 Å². The van der Waals surface area contributed by atoms with Gasteiger partial charge >= 0.3 is 12.1 Å². The zero-order valence-electron chi connectivity index (χ0n) is 14.7. The van der Waals surface area contributed by atoms with Gasteiger partial charge in [0.25, 0.3) is 5.91 Å². The van der Waals surface area contributed by atoms with Crippen molar-refractivity contribution in [2.45, 2.75) is 46.0 Å². The molecular weight excluding hydrogens is 310 g/mol. The summed E-state index contributed by atoms with van der Waals surface area (Å²) >= 11 is 0. The van der Waals surface area contributed by atoms with E-state index in [2.05, 4.69) is 25.5 Å². The van der Waals surface area contributed by atoms with Crippen LogP contribution in [0.25, 0.3) is 0 Å². The van der Waals surface area contributed by atoms with E-state index in [0.29, 0.717) is 6.42 Å². The van der Waals surface area contributed by atoms with Gasteiger partial charge in [-0.25, -0.2) is 4.79 Å². The number of hydrogen-bond acceptors (Lipinski definition) is 5. The number of benzene rings is 1. The van der Waals surface area contributed by atoms with Gasteiger partial charge in [0.05, 0.1) is 6.61 Å². The lowest BCUT2D eigenvalue weighted by Crippen LogP contribution is -2.34. The average molecular weight is 335 g/mol. The molecule has 1 aromatic rings. The fraction of sp³-hybridized carbons (Fsp3) is 0.500. The highest BCUT2D eigenvalue weighted by atomic mass is 16.6. The monoisotopic (exact) mass is 335 g/mol. The Hall–Kier alpha value is -2.37. The summed E-state index contributed by atoms with van der Waals surface area (Å²) in [7, 11) is 0. The molecule has 6 nitrogen and oxygen atoms in total. The van der Waals surface area contributed by atoms with Crippen LogP contribution >= 0.6 is 0 Å². The third-order valence-electron chi connectivity index (χ3n) is 3.32. The first kappa shape index (κ1) is 19.7. The third-order valence-corrected chi connectivity index (χ3v) is 3.32. The Morgan fingerprint density at radius 1 is 1.04 bits per heavy atom. The Morgan fingerprint density at radius 3 is 2.21 bits per heavy atom. The summed E-state index contributed by atoms with van der Waals surface area (Å²) in [5.41, 5.74) is 2.34. The summed E-state index contributed by atoms with van der Waals surface area (Å²) in [6.07, 6.45) is -0.151. The average Bonchev–Trinajstić information content (AvgIpc) is 2.50. The number of imide groups is 1. The van der Waals surface area contributed by atoms with Gasteiger partial charge in [-0.15, -0.1) is 0 Å². The van der Waals surface area contributed by atoms with Crippen LogP contribution in [0.4, 0.5) is 4.79 Å². The van der Waals surface area contributed by atoms with Crippen molar-refractivity contribution >= 4 is 18.0 Å². The molecule has 2 amide bonds. The predicted octanol–water partition coefficient (Wildman–Crippen LogP) is 2.73. The minimum Gasteiger partial charge on any atom is -0.456 e. The second-order valence-corrected chi connectivity index (χ2v) is 6.38. The molecule has 0 spiro atoms. The van der Waals surface area contributed by atoms with Gasteiger partial charge in [-0.3, -0.25) is 14.9 Å². The van der Waals surface area contributed by atoms with Crippen LogP contribution in [0, 0.1) is 0 Å². The van der Waals surface area contributed by atoms with Crippen LogP contribution in [0.3, 0.4) is 0 Å². The summed E-state index contributed by atoms with van der Waals surface area (Å²) in [5, 5.41) is 1.95. The van der Waals surface area contributed by atoms with Crippen molar-refractivity contribution in [3.05, 3.63) is 35.4 Å². The first-order chi connectivity index (χ1) is 11.2. The van der Waals surface area contributed by atoms with E-state index in [1.807, 2.05) is 29.6 Å². The molecule has 0 saturated carbocycles. The number of amides is 2. The third kappa shape index (κ3) is 7.26. The maximum atomic E-state index is 11.6. The van der Waals surface area contributed by atoms with Crippen LogP contribution in [-0.4, -0.2) is 31.2 Å². The van der Waals surface area contributed by atoms with Gasteiger partial charge in [-0.2, -0.15) is 0 Å². The number of rotatable bonds is 6. The van der Waals surface area contributed by atoms with Crippen LogP contribution in [-0.2, 0) is 30.9 Å². The van der Waals surface area contributed by atoms with Crippen molar-refractivity contribution in [3.63, 3.8) is 0 Å². The van der Waals surface area contributed by atoms with Gasteiger partial charge in [0.15, 0.2) is 6.61 Å². The number of carbonyl (C=O) groups is 3. The Labute approximate surface area is 142 Å². The minimum absolute atomic E-state index is 0.0871. The second kappa shape index (κ2) is 9.05. The fourth-order valence-corrected chi connectivity index (χ4v) is 1.95. The molecule has 0 aliphatic carbocycles. The number of nitrogens with one attached hydrogen (secondary N) is 1. The molecule has 1 rings (SSSR count). The molecular formula is C18H25NO5. The number of aryl methyl sites for hydroxylation is 1. The Bertz CT molecular complexity index is 572. The maximum Gasteiger partial charge on any atom is 0.413 e. The molecule has 1 N–H and O–H groups in total. The number of esters is 1. The first-order valence-electron chi connectivity index (χ1n) is 7.94. The predicted molar refractivity (Wildman–Crippen MR) is 89.6 cm³/mol. The summed E-state index contributed by atoms with van der Waals surface area (Å²) in [5.74, 6) is -1.20. The van der Waals surface area contributed by atoms with E-state index in [1.54, 1.807) is 6.92 Å². The maximum absolute atomic E-state index is 11.6. The van der Waals surface area contributed by atoms with Crippen LogP contribution < -0.4 is 5.32 Å². The Kier molecular flexibility index (Phi) is 7.42. The van der Waals surface area contributed by atoms with Gasteiger partial charge in [0.1, 0.15) is 0 Å². The van der Waals surface area contributed by atoms with Crippen LogP contribution in [0.5, 0.6) is 0 Å². The smallest absolute Gasteiger partial charge is 0.413 e. The van der Waals surface area contributed by atoms with E-state index in [0.717, 1.165) is 5.56 Å². The lowest BCUT2D eigenvalue weighted by molar-refractivity contribution is -0.148. The molecule has 0 saturated heterocycles. The molecule has 0 aliphatic rings. The van der Waals surface area contributed by atoms with E-state index < -0.39 is 24.6 Å². The first-order valence-corrected chi connectivity index (χ1v) is 7.94. The molecule has 0 fully saturated rings. The zero-order chi connectivity index (χ0) is 18.2. The quantitative estimate of drug-likeness (QED) is 0.808. The van der Waals surface area contributed by atoms with E-state index in [1.165, 1.54) is 5.56 Å². The van der Waals surface area contributed by atoms with Crippen molar-refractivity contribution in [2.75, 3.05) is 13.2 Å². The number of ether oxygens (including phenoxy) is 2. The molecule has 0 unspecified atom stereocenters. The van der Waals surface area contributed by atoms with Crippen molar-refractivity contribution in [1.29, 1.82) is 0 Å². The zero-order valence-corrected chi connectivity index (χ0v) is 14.7. The Morgan fingerprint density at radius 2 is 1.67 bits per heavy atom. The fourth-order valence-electron chi connectivity index (χ4n) is 1.95. The molecule has 132 valence electrons. The molecule has 0 aromatic heterocycles. The summed E-state index contributed by atoms with van der Waals surface area (Å²) in [6.45, 7) is 7.70. The number of alkyl carbamates (subject to hydrolysis) is 1. The van der Waals surface area contributed by atoms with Crippen LogP contribution in [0.15, 0.2) is 24.3 Å². The second-order valence-electron chi connectivity index (χ2n) is 6.38. The van der Waals surface area contributed by atoms with E-state index in [9.17, 15) is 14.4 Å². The largest absolute Gasteiger partial charge is 0.456 e. The van der Waals surface area contributed by atoms with Crippen molar-refractivity contribution < 1.29 is 23.9 Å². The molecule has 1 aromatic carbocycles. The van der Waals surface area contributed by atoms with Crippen molar-refractivity contribution in [1.82, 2.24) is 5.32 Å². The van der Waals surface area contributed by atoms with Crippen LogP contribution in [0.2, 0.25) is 0 Å². The lowest BCUT2D eigenvalue weighted by atomic mass is 9.86. The topological polar surface area (TPSA) is 81.7 Å². The number of hydrogen-bond donors (Lipinski definition) is 1. The molecule has 6 heteroatoms. The SMILES string of the molecule is CCOC(=O)NC(=O)COC(=O)CCc1ccc(C(C)(C)C)cc1. The standard InChI is InChI=1S/C18H25NO5/c1-5-23-17(22)19-15(20)12-24-16(21)11-8-13-6-9-14(10-7-13)18(2,3)4/h6-7,9-10H,5,8,11-12H2,1-4H3,(H,19,20,22). The molecule has 0 heterocycles. The summed E-state index contributed by atoms with van der Waals surface area (Å²) in [6, 6.07) is 8.07. The van der Waals surface area contributed by atoms with E-state index >= 15 is 0 Å². The highest BCUT2D eigenvalue weighted by Gasteiger charge is 2.14.